The highest BCUT2D eigenvalue weighted by molar-refractivity contribution is 6.30. The Balaban J connectivity index is 1.79. The second kappa shape index (κ2) is 9.89. The van der Waals surface area contributed by atoms with E-state index in [1.165, 1.54) is 36.2 Å². The van der Waals surface area contributed by atoms with E-state index in [9.17, 15) is 27.6 Å². The summed E-state index contributed by atoms with van der Waals surface area (Å²) in [5, 5.41) is 2.54. The van der Waals surface area contributed by atoms with Gasteiger partial charge in [-0.05, 0) is 43.4 Å². The summed E-state index contributed by atoms with van der Waals surface area (Å²) in [5.74, 6) is -6.55. The zero-order valence-electron chi connectivity index (χ0n) is 15.1. The third-order valence-corrected chi connectivity index (χ3v) is 3.81. The van der Waals surface area contributed by atoms with Crippen molar-refractivity contribution in [3.05, 3.63) is 64.4 Å². The van der Waals surface area contributed by atoms with Gasteiger partial charge in [-0.2, -0.15) is 0 Å². The van der Waals surface area contributed by atoms with Crippen LogP contribution in [0.25, 0.3) is 0 Å². The fourth-order valence-corrected chi connectivity index (χ4v) is 2.32. The second-order valence-corrected chi connectivity index (χ2v) is 6.39. The molecule has 0 aromatic heterocycles. The number of likely N-dealkylation sites (N-methyl/N-ethyl adjacent to an activating group) is 1. The zero-order valence-corrected chi connectivity index (χ0v) is 15.8. The van der Waals surface area contributed by atoms with Crippen molar-refractivity contribution < 1.29 is 27.6 Å². The minimum absolute atomic E-state index is 0.274. The van der Waals surface area contributed by atoms with Crippen molar-refractivity contribution in [2.24, 2.45) is 0 Å². The highest BCUT2D eigenvalue weighted by atomic mass is 35.5. The van der Waals surface area contributed by atoms with Gasteiger partial charge in [-0.15, -0.1) is 0 Å². The molecule has 3 amide bonds. The first-order valence-corrected chi connectivity index (χ1v) is 8.52. The maximum atomic E-state index is 13.6. The van der Waals surface area contributed by atoms with Gasteiger partial charge in [0.15, 0.2) is 17.5 Å². The lowest BCUT2D eigenvalue weighted by atomic mass is 10.2. The molecular weight excluding hydrogens is 413 g/mol. The van der Waals surface area contributed by atoms with E-state index in [1.54, 1.807) is 0 Å². The second-order valence-electron chi connectivity index (χ2n) is 5.95. The molecule has 2 rings (SSSR count). The predicted molar refractivity (Wildman–Crippen MR) is 99.5 cm³/mol. The largest absolute Gasteiger partial charge is 0.322 e. The minimum Gasteiger partial charge on any atom is -0.322 e. The lowest BCUT2D eigenvalue weighted by Gasteiger charge is -2.16. The maximum Gasteiger partial charge on any atom is 0.269 e. The van der Waals surface area contributed by atoms with Crippen LogP contribution in [-0.4, -0.2) is 42.8 Å². The van der Waals surface area contributed by atoms with Crippen LogP contribution < -0.4 is 16.2 Å². The molecule has 3 N–H and O–H groups in total. The molecule has 29 heavy (non-hydrogen) atoms. The van der Waals surface area contributed by atoms with Crippen molar-refractivity contribution in [2.75, 3.05) is 25.5 Å². The van der Waals surface area contributed by atoms with Crippen LogP contribution >= 0.6 is 11.6 Å². The van der Waals surface area contributed by atoms with Crippen LogP contribution in [0.1, 0.15) is 10.4 Å². The predicted octanol–water partition coefficient (Wildman–Crippen LogP) is 2.09. The number of nitrogens with one attached hydrogen (secondary N) is 3. The van der Waals surface area contributed by atoms with E-state index in [1.807, 2.05) is 0 Å². The van der Waals surface area contributed by atoms with E-state index in [0.717, 1.165) is 6.07 Å². The highest BCUT2D eigenvalue weighted by Crippen LogP contribution is 2.19. The third kappa shape index (κ3) is 6.47. The number of rotatable bonds is 6. The topological polar surface area (TPSA) is 90.5 Å². The number of carbonyl (C=O) groups is 3. The Bertz CT molecular complexity index is 925. The number of hydrogen-bond donors (Lipinski definition) is 3. The average Bonchev–Trinajstić information content (AvgIpc) is 2.67. The van der Waals surface area contributed by atoms with Gasteiger partial charge in [0.05, 0.1) is 18.8 Å². The Hall–Kier alpha value is -3.11. The normalized spacial score (nSPS) is 10.6. The van der Waals surface area contributed by atoms with E-state index in [4.69, 9.17) is 11.6 Å². The van der Waals surface area contributed by atoms with Gasteiger partial charge in [0.2, 0.25) is 5.91 Å². The number of hydrogen-bond acceptors (Lipinski definition) is 4. The van der Waals surface area contributed by atoms with E-state index in [0.29, 0.717) is 11.1 Å². The molecule has 7 nitrogen and oxygen atoms in total. The van der Waals surface area contributed by atoms with Gasteiger partial charge >= 0.3 is 0 Å². The van der Waals surface area contributed by atoms with E-state index < -0.39 is 40.9 Å². The number of amides is 3. The SMILES string of the molecule is CN(CC(=O)NNC(=O)c1ccc(Cl)cc1)CC(=O)Nc1ccc(F)c(F)c1F. The molecule has 0 saturated heterocycles. The Morgan fingerprint density at radius 1 is 0.897 bits per heavy atom. The molecule has 2 aromatic carbocycles. The highest BCUT2D eigenvalue weighted by Gasteiger charge is 2.17. The fourth-order valence-electron chi connectivity index (χ4n) is 2.20. The summed E-state index contributed by atoms with van der Waals surface area (Å²) < 4.78 is 39.6. The summed E-state index contributed by atoms with van der Waals surface area (Å²) in [5.41, 5.74) is 4.12. The molecule has 0 fully saturated rings. The molecule has 0 aliphatic carbocycles. The van der Waals surface area contributed by atoms with Crippen molar-refractivity contribution in [2.45, 2.75) is 0 Å². The molecule has 2 aromatic rings. The lowest BCUT2D eigenvalue weighted by Crippen LogP contribution is -2.46. The summed E-state index contributed by atoms with van der Waals surface area (Å²) >= 11 is 5.72. The van der Waals surface area contributed by atoms with Crippen molar-refractivity contribution in [3.63, 3.8) is 0 Å². The number of carbonyl (C=O) groups excluding carboxylic acids is 3. The summed E-state index contributed by atoms with van der Waals surface area (Å²) in [6.45, 7) is -0.633. The van der Waals surface area contributed by atoms with Gasteiger partial charge in [0.25, 0.3) is 11.8 Å². The molecule has 0 radical (unpaired) electrons. The Kier molecular flexibility index (Phi) is 7.57. The Morgan fingerprint density at radius 3 is 2.17 bits per heavy atom. The monoisotopic (exact) mass is 428 g/mol. The van der Waals surface area contributed by atoms with E-state index >= 15 is 0 Å². The summed E-state index contributed by atoms with van der Waals surface area (Å²) in [7, 11) is 1.42. The summed E-state index contributed by atoms with van der Waals surface area (Å²) in [6.07, 6.45) is 0. The molecule has 0 aliphatic heterocycles. The van der Waals surface area contributed by atoms with E-state index in [2.05, 4.69) is 16.2 Å². The lowest BCUT2D eigenvalue weighted by molar-refractivity contribution is -0.123. The molecule has 0 spiro atoms. The number of nitrogens with zero attached hydrogens (tertiary/aromatic N) is 1. The number of hydrazine groups is 1. The average molecular weight is 429 g/mol. The molecule has 0 atom stereocenters. The van der Waals surface area contributed by atoms with Gasteiger partial charge in [0.1, 0.15) is 0 Å². The molecule has 0 unspecified atom stereocenters. The van der Waals surface area contributed by atoms with Crippen LogP contribution in [-0.2, 0) is 9.59 Å². The van der Waals surface area contributed by atoms with Crippen molar-refractivity contribution in [1.82, 2.24) is 15.8 Å². The van der Waals surface area contributed by atoms with E-state index in [-0.39, 0.29) is 18.7 Å². The van der Waals surface area contributed by atoms with Crippen LogP contribution in [0.5, 0.6) is 0 Å². The maximum absolute atomic E-state index is 13.6. The minimum atomic E-state index is -1.70. The number of benzene rings is 2. The number of halogens is 4. The van der Waals surface area contributed by atoms with Crippen LogP contribution in [0, 0.1) is 17.5 Å². The number of anilines is 1. The molecule has 0 saturated carbocycles. The summed E-state index contributed by atoms with van der Waals surface area (Å²) in [4.78, 5) is 36.9. The van der Waals surface area contributed by atoms with Gasteiger partial charge in [-0.1, -0.05) is 11.6 Å². The summed E-state index contributed by atoms with van der Waals surface area (Å²) in [6, 6.07) is 7.52. The first-order valence-electron chi connectivity index (χ1n) is 8.14. The van der Waals surface area contributed by atoms with Crippen molar-refractivity contribution in [1.29, 1.82) is 0 Å². The van der Waals surface area contributed by atoms with Crippen LogP contribution in [0.3, 0.4) is 0 Å². The van der Waals surface area contributed by atoms with Crippen molar-refractivity contribution in [3.8, 4) is 0 Å². The van der Waals surface area contributed by atoms with Gasteiger partial charge in [-0.25, -0.2) is 13.2 Å². The van der Waals surface area contributed by atoms with Gasteiger partial charge < -0.3 is 5.32 Å². The Labute approximate surface area is 168 Å². The smallest absolute Gasteiger partial charge is 0.269 e. The van der Waals surface area contributed by atoms with Crippen LogP contribution in [0.15, 0.2) is 36.4 Å². The van der Waals surface area contributed by atoms with Crippen molar-refractivity contribution >= 4 is 35.0 Å². The zero-order chi connectivity index (χ0) is 21.6. The fraction of sp³-hybridized carbons (Fsp3) is 0.167. The van der Waals surface area contributed by atoms with Gasteiger partial charge in [0, 0.05) is 10.6 Å². The molecule has 0 aliphatic rings. The molecule has 0 heterocycles. The van der Waals surface area contributed by atoms with Crippen LogP contribution in [0.4, 0.5) is 18.9 Å². The first kappa shape index (κ1) is 22.2. The molecule has 11 heteroatoms. The first-order chi connectivity index (χ1) is 13.7. The third-order valence-electron chi connectivity index (χ3n) is 3.56. The molecule has 0 bridgehead atoms. The standard InChI is InChI=1S/C18H16ClF3N4O3/c1-26(8-14(27)23-13-7-6-12(20)16(21)17(13)22)9-15(28)24-25-18(29)10-2-4-11(19)5-3-10/h2-7H,8-9H2,1H3,(H,23,27)(H,24,28)(H,25,29). The van der Waals surface area contributed by atoms with Gasteiger partial charge in [-0.3, -0.25) is 30.1 Å². The molecule has 154 valence electrons. The quantitative estimate of drug-likeness (QED) is 0.485. The Morgan fingerprint density at radius 2 is 1.52 bits per heavy atom. The molecular formula is C18H16ClF3N4O3. The van der Waals surface area contributed by atoms with Crippen LogP contribution in [0.2, 0.25) is 5.02 Å².